The van der Waals surface area contributed by atoms with Crippen molar-refractivity contribution in [1.29, 1.82) is 0 Å². The van der Waals surface area contributed by atoms with Gasteiger partial charge in [0.15, 0.2) is 0 Å². The highest BCUT2D eigenvalue weighted by Gasteiger charge is 2.31. The second kappa shape index (κ2) is 4.93. The first-order chi connectivity index (χ1) is 7.34. The lowest BCUT2D eigenvalue weighted by molar-refractivity contribution is -0.200. The number of hydroxylamine groups is 2. The topological polar surface area (TPSA) is 36.4 Å². The smallest absolute Gasteiger partial charge is 0.0800 e. The second-order valence-corrected chi connectivity index (χ2v) is 5.46. The standard InChI is InChI=1S/C13H22N2O/c1-10(2)12(15(16)13(3,4)5)11-8-6-7-9-14-11/h6-10,12,16H,1-5H3. The Morgan fingerprint density at radius 1 is 1.25 bits per heavy atom. The van der Waals surface area contributed by atoms with Gasteiger partial charge >= 0.3 is 0 Å². The summed E-state index contributed by atoms with van der Waals surface area (Å²) >= 11 is 0. The molecule has 1 unspecified atom stereocenters. The van der Waals surface area contributed by atoms with Gasteiger partial charge in [-0.05, 0) is 38.8 Å². The molecule has 0 aromatic carbocycles. The Bertz CT molecular complexity index is 316. The van der Waals surface area contributed by atoms with Crippen LogP contribution in [-0.4, -0.2) is 20.8 Å². The zero-order valence-corrected chi connectivity index (χ0v) is 10.8. The van der Waals surface area contributed by atoms with Crippen molar-refractivity contribution in [2.75, 3.05) is 0 Å². The van der Waals surface area contributed by atoms with Crippen molar-refractivity contribution >= 4 is 0 Å². The summed E-state index contributed by atoms with van der Waals surface area (Å²) in [4.78, 5) is 4.33. The van der Waals surface area contributed by atoms with Crippen LogP contribution >= 0.6 is 0 Å². The van der Waals surface area contributed by atoms with Crippen molar-refractivity contribution in [3.63, 3.8) is 0 Å². The minimum atomic E-state index is -0.285. The van der Waals surface area contributed by atoms with Crippen LogP contribution in [0.2, 0.25) is 0 Å². The molecule has 1 heterocycles. The summed E-state index contributed by atoms with van der Waals surface area (Å²) in [5.41, 5.74) is 0.627. The number of nitrogens with zero attached hydrogens (tertiary/aromatic N) is 2. The molecular formula is C13H22N2O. The Morgan fingerprint density at radius 3 is 2.25 bits per heavy atom. The molecule has 0 saturated heterocycles. The number of hydrogen-bond acceptors (Lipinski definition) is 3. The van der Waals surface area contributed by atoms with E-state index in [4.69, 9.17) is 0 Å². The Kier molecular flexibility index (Phi) is 4.05. The molecular weight excluding hydrogens is 200 g/mol. The van der Waals surface area contributed by atoms with Crippen LogP contribution in [0, 0.1) is 5.92 Å². The quantitative estimate of drug-likeness (QED) is 0.797. The van der Waals surface area contributed by atoms with E-state index in [0.717, 1.165) is 5.69 Å². The average Bonchev–Trinajstić information content (AvgIpc) is 2.17. The zero-order valence-electron chi connectivity index (χ0n) is 10.8. The van der Waals surface area contributed by atoms with Gasteiger partial charge in [0.2, 0.25) is 0 Å². The summed E-state index contributed by atoms with van der Waals surface area (Å²) in [5, 5.41) is 11.7. The third-order valence-electron chi connectivity index (χ3n) is 2.57. The number of rotatable bonds is 3. The number of pyridine rings is 1. The van der Waals surface area contributed by atoms with Gasteiger partial charge in [0, 0.05) is 11.7 Å². The van der Waals surface area contributed by atoms with E-state index in [1.165, 1.54) is 5.06 Å². The third kappa shape index (κ3) is 3.03. The van der Waals surface area contributed by atoms with E-state index in [1.54, 1.807) is 6.20 Å². The van der Waals surface area contributed by atoms with Crippen LogP contribution in [0.1, 0.15) is 46.4 Å². The van der Waals surface area contributed by atoms with E-state index >= 15 is 0 Å². The molecule has 1 aromatic rings. The summed E-state index contributed by atoms with van der Waals surface area (Å²) in [7, 11) is 0. The highest BCUT2D eigenvalue weighted by atomic mass is 16.5. The molecule has 0 aliphatic heterocycles. The lowest BCUT2D eigenvalue weighted by Crippen LogP contribution is -2.43. The molecule has 1 atom stereocenters. The van der Waals surface area contributed by atoms with E-state index in [2.05, 4.69) is 18.8 Å². The van der Waals surface area contributed by atoms with Crippen molar-refractivity contribution in [3.8, 4) is 0 Å². The predicted octanol–water partition coefficient (Wildman–Crippen LogP) is 3.27. The molecule has 0 amide bonds. The molecule has 0 aliphatic carbocycles. The molecule has 0 saturated carbocycles. The molecule has 0 fully saturated rings. The highest BCUT2D eigenvalue weighted by Crippen LogP contribution is 2.30. The maximum absolute atomic E-state index is 10.3. The van der Waals surface area contributed by atoms with Gasteiger partial charge in [-0.3, -0.25) is 4.98 Å². The van der Waals surface area contributed by atoms with Crippen molar-refractivity contribution < 1.29 is 5.21 Å². The molecule has 0 aliphatic rings. The van der Waals surface area contributed by atoms with Crippen LogP contribution in [-0.2, 0) is 0 Å². The van der Waals surface area contributed by atoms with Gasteiger partial charge < -0.3 is 5.21 Å². The van der Waals surface area contributed by atoms with Gasteiger partial charge in [0.25, 0.3) is 0 Å². The van der Waals surface area contributed by atoms with Gasteiger partial charge in [0.1, 0.15) is 0 Å². The van der Waals surface area contributed by atoms with Crippen molar-refractivity contribution in [1.82, 2.24) is 10.0 Å². The summed E-state index contributed by atoms with van der Waals surface area (Å²) in [6, 6.07) is 5.73. The molecule has 3 heteroatoms. The van der Waals surface area contributed by atoms with Crippen LogP contribution in [0.25, 0.3) is 0 Å². The highest BCUT2D eigenvalue weighted by molar-refractivity contribution is 5.09. The largest absolute Gasteiger partial charge is 0.313 e. The van der Waals surface area contributed by atoms with Crippen LogP contribution in [0.4, 0.5) is 0 Å². The summed E-state index contributed by atoms with van der Waals surface area (Å²) in [6.45, 7) is 10.2. The zero-order chi connectivity index (χ0) is 12.3. The maximum atomic E-state index is 10.3. The molecule has 90 valence electrons. The lowest BCUT2D eigenvalue weighted by Gasteiger charge is -2.38. The van der Waals surface area contributed by atoms with Crippen LogP contribution in [0.3, 0.4) is 0 Å². The number of hydrogen-bond donors (Lipinski definition) is 1. The lowest BCUT2D eigenvalue weighted by atomic mass is 9.95. The van der Waals surface area contributed by atoms with Crippen molar-refractivity contribution in [3.05, 3.63) is 30.1 Å². The van der Waals surface area contributed by atoms with Crippen molar-refractivity contribution in [2.45, 2.75) is 46.2 Å². The summed E-state index contributed by atoms with van der Waals surface area (Å²) in [5.74, 6) is 0.305. The van der Waals surface area contributed by atoms with E-state index in [0.29, 0.717) is 5.92 Å². The van der Waals surface area contributed by atoms with Crippen molar-refractivity contribution in [2.24, 2.45) is 5.92 Å². The molecule has 3 nitrogen and oxygen atoms in total. The van der Waals surface area contributed by atoms with E-state index in [-0.39, 0.29) is 11.6 Å². The Labute approximate surface area is 98.1 Å². The fourth-order valence-electron chi connectivity index (χ4n) is 1.72. The Hall–Kier alpha value is -0.930. The first kappa shape index (κ1) is 13.1. The first-order valence-corrected chi connectivity index (χ1v) is 5.73. The molecule has 1 rings (SSSR count). The Balaban J connectivity index is 3.02. The average molecular weight is 222 g/mol. The minimum absolute atomic E-state index is 0.0683. The van der Waals surface area contributed by atoms with Gasteiger partial charge in [-0.1, -0.05) is 19.9 Å². The third-order valence-corrected chi connectivity index (χ3v) is 2.57. The molecule has 16 heavy (non-hydrogen) atoms. The summed E-state index contributed by atoms with van der Waals surface area (Å²) < 4.78 is 0. The maximum Gasteiger partial charge on any atom is 0.0800 e. The minimum Gasteiger partial charge on any atom is -0.313 e. The van der Waals surface area contributed by atoms with Gasteiger partial charge in [0.05, 0.1) is 11.7 Å². The van der Waals surface area contributed by atoms with Crippen LogP contribution in [0.15, 0.2) is 24.4 Å². The van der Waals surface area contributed by atoms with Crippen LogP contribution in [0.5, 0.6) is 0 Å². The normalized spacial score (nSPS) is 14.5. The second-order valence-electron chi connectivity index (χ2n) is 5.46. The summed E-state index contributed by atoms with van der Waals surface area (Å²) in [6.07, 6.45) is 1.77. The monoisotopic (exact) mass is 222 g/mol. The van der Waals surface area contributed by atoms with Crippen LogP contribution < -0.4 is 0 Å². The first-order valence-electron chi connectivity index (χ1n) is 5.73. The van der Waals surface area contributed by atoms with Gasteiger partial charge in [-0.25, -0.2) is 0 Å². The SMILES string of the molecule is CC(C)C(c1ccccn1)N(O)C(C)(C)C. The van der Waals surface area contributed by atoms with E-state index in [1.807, 2.05) is 39.0 Å². The fourth-order valence-corrected chi connectivity index (χ4v) is 1.72. The predicted molar refractivity (Wildman–Crippen MR) is 65.2 cm³/mol. The van der Waals surface area contributed by atoms with E-state index < -0.39 is 0 Å². The molecule has 1 N–H and O–H groups in total. The molecule has 1 aromatic heterocycles. The fraction of sp³-hybridized carbons (Fsp3) is 0.615. The molecule has 0 radical (unpaired) electrons. The van der Waals surface area contributed by atoms with Gasteiger partial charge in [-0.2, -0.15) is 5.06 Å². The number of aromatic nitrogens is 1. The molecule has 0 spiro atoms. The van der Waals surface area contributed by atoms with Gasteiger partial charge in [-0.15, -0.1) is 0 Å². The Morgan fingerprint density at radius 2 is 1.88 bits per heavy atom. The molecule has 0 bridgehead atoms. The van der Waals surface area contributed by atoms with E-state index in [9.17, 15) is 5.21 Å².